The smallest absolute Gasteiger partial charge is 0.137 e. The van der Waals surface area contributed by atoms with Crippen LogP contribution in [0.1, 0.15) is 47.5 Å². The highest BCUT2D eigenvalue weighted by Crippen LogP contribution is 2.77. The number of aliphatic hydroxyl groups is 1. The second-order valence-electron chi connectivity index (χ2n) is 6.97. The highest BCUT2D eigenvalue weighted by atomic mass is 16.3. The summed E-state index contributed by atoms with van der Waals surface area (Å²) in [6.07, 6.45) is 1.68. The molecule has 2 aliphatic carbocycles. The molecule has 0 aliphatic heterocycles. The van der Waals surface area contributed by atoms with E-state index in [1.54, 1.807) is 6.92 Å². The van der Waals surface area contributed by atoms with Crippen LogP contribution >= 0.6 is 0 Å². The largest absolute Gasteiger partial charge is 0.390 e. The fourth-order valence-electron chi connectivity index (χ4n) is 4.59. The summed E-state index contributed by atoms with van der Waals surface area (Å²) in [7, 11) is 0. The van der Waals surface area contributed by atoms with Gasteiger partial charge in [-0.2, -0.15) is 0 Å². The van der Waals surface area contributed by atoms with E-state index in [-0.39, 0.29) is 28.4 Å². The second-order valence-corrected chi connectivity index (χ2v) is 6.97. The average Bonchev–Trinajstić information content (AvgIpc) is 2.86. The van der Waals surface area contributed by atoms with Crippen molar-refractivity contribution in [3.05, 3.63) is 12.2 Å². The SMILES string of the molecule is C=C(C)C1C2C(C)(O)CCC(C)(C)C12C(C)=O. The molecule has 96 valence electrons. The van der Waals surface area contributed by atoms with Crippen molar-refractivity contribution in [1.29, 1.82) is 0 Å². The Hall–Kier alpha value is -0.630. The van der Waals surface area contributed by atoms with Gasteiger partial charge in [-0.1, -0.05) is 26.0 Å². The van der Waals surface area contributed by atoms with E-state index >= 15 is 0 Å². The van der Waals surface area contributed by atoms with Crippen molar-refractivity contribution in [1.82, 2.24) is 0 Å². The van der Waals surface area contributed by atoms with Crippen LogP contribution in [-0.4, -0.2) is 16.5 Å². The number of hydrogen-bond acceptors (Lipinski definition) is 2. The molecule has 0 radical (unpaired) electrons. The minimum atomic E-state index is -0.717. The van der Waals surface area contributed by atoms with Gasteiger partial charge in [-0.25, -0.2) is 0 Å². The molecule has 2 saturated carbocycles. The van der Waals surface area contributed by atoms with Gasteiger partial charge in [0.1, 0.15) is 5.78 Å². The van der Waals surface area contributed by atoms with Crippen LogP contribution in [0.3, 0.4) is 0 Å². The number of carbonyl (C=O) groups is 1. The molecule has 0 aromatic heterocycles. The highest BCUT2D eigenvalue weighted by Gasteiger charge is 2.79. The highest BCUT2D eigenvalue weighted by molar-refractivity contribution is 5.89. The normalized spacial score (nSPS) is 47.2. The molecule has 0 aromatic rings. The Morgan fingerprint density at radius 1 is 1.24 bits per heavy atom. The summed E-state index contributed by atoms with van der Waals surface area (Å²) in [5, 5.41) is 10.6. The van der Waals surface area contributed by atoms with Crippen molar-refractivity contribution in [3.63, 3.8) is 0 Å². The summed E-state index contributed by atoms with van der Waals surface area (Å²) in [5.41, 5.74) is -0.0822. The Labute approximate surface area is 104 Å². The fraction of sp³-hybridized carbons (Fsp3) is 0.800. The van der Waals surface area contributed by atoms with E-state index in [4.69, 9.17) is 0 Å². The third-order valence-corrected chi connectivity index (χ3v) is 5.36. The molecule has 0 amide bonds. The van der Waals surface area contributed by atoms with E-state index in [1.165, 1.54) is 0 Å². The molecule has 4 unspecified atom stereocenters. The fourth-order valence-corrected chi connectivity index (χ4v) is 4.59. The molecule has 0 heterocycles. The summed E-state index contributed by atoms with van der Waals surface area (Å²) in [6.45, 7) is 13.9. The van der Waals surface area contributed by atoms with Crippen LogP contribution in [0, 0.1) is 22.7 Å². The van der Waals surface area contributed by atoms with Gasteiger partial charge in [0.25, 0.3) is 0 Å². The first kappa shape index (κ1) is 12.8. The van der Waals surface area contributed by atoms with Crippen molar-refractivity contribution in [3.8, 4) is 0 Å². The molecule has 17 heavy (non-hydrogen) atoms. The van der Waals surface area contributed by atoms with Crippen LogP contribution in [0.4, 0.5) is 0 Å². The van der Waals surface area contributed by atoms with Crippen LogP contribution in [0.5, 0.6) is 0 Å². The van der Waals surface area contributed by atoms with Crippen LogP contribution in [0.2, 0.25) is 0 Å². The molecule has 2 heteroatoms. The lowest BCUT2D eigenvalue weighted by molar-refractivity contribution is -0.134. The number of Topliss-reactive ketones (excluding diaryl/α,β-unsaturated/α-hetero) is 1. The summed E-state index contributed by atoms with van der Waals surface area (Å²) in [5.74, 6) is 0.446. The molecule has 1 N–H and O–H groups in total. The van der Waals surface area contributed by atoms with Gasteiger partial charge in [-0.05, 0) is 44.9 Å². The van der Waals surface area contributed by atoms with E-state index < -0.39 is 5.60 Å². The van der Waals surface area contributed by atoms with Gasteiger partial charge in [0.15, 0.2) is 0 Å². The predicted octanol–water partition coefficient (Wildman–Crippen LogP) is 2.95. The van der Waals surface area contributed by atoms with Crippen LogP contribution in [-0.2, 0) is 4.79 Å². The third kappa shape index (κ3) is 1.33. The van der Waals surface area contributed by atoms with Gasteiger partial charge in [0.05, 0.1) is 5.60 Å². The van der Waals surface area contributed by atoms with Gasteiger partial charge in [-0.15, -0.1) is 0 Å². The van der Waals surface area contributed by atoms with Gasteiger partial charge < -0.3 is 5.11 Å². The molecule has 2 aliphatic rings. The second kappa shape index (κ2) is 3.23. The van der Waals surface area contributed by atoms with Gasteiger partial charge in [-0.3, -0.25) is 4.79 Å². The Balaban J connectivity index is 2.54. The molecule has 4 atom stereocenters. The number of rotatable bonds is 2. The number of fused-ring (bicyclic) bond motifs is 1. The van der Waals surface area contributed by atoms with E-state index in [2.05, 4.69) is 20.4 Å². The summed E-state index contributed by atoms with van der Waals surface area (Å²) >= 11 is 0. The zero-order valence-corrected chi connectivity index (χ0v) is 11.6. The van der Waals surface area contributed by atoms with E-state index in [1.807, 2.05) is 13.8 Å². The quantitative estimate of drug-likeness (QED) is 0.748. The lowest BCUT2D eigenvalue weighted by Crippen LogP contribution is -2.45. The van der Waals surface area contributed by atoms with Crippen molar-refractivity contribution in [2.75, 3.05) is 0 Å². The summed E-state index contributed by atoms with van der Waals surface area (Å²) < 4.78 is 0. The molecule has 2 rings (SSSR count). The van der Waals surface area contributed by atoms with Gasteiger partial charge in [0.2, 0.25) is 0 Å². The first-order valence-electron chi connectivity index (χ1n) is 6.48. The topological polar surface area (TPSA) is 37.3 Å². The van der Waals surface area contributed by atoms with Crippen molar-refractivity contribution in [2.24, 2.45) is 22.7 Å². The standard InChI is InChI=1S/C15H24O2/c1-9(2)11-12-14(6,17)8-7-13(4,5)15(11,12)10(3)16/h11-12,17H,1,7-8H2,2-6H3. The number of allylic oxidation sites excluding steroid dienone is 1. The molecule has 0 spiro atoms. The van der Waals surface area contributed by atoms with Crippen molar-refractivity contribution >= 4 is 5.78 Å². The van der Waals surface area contributed by atoms with E-state index in [0.717, 1.165) is 18.4 Å². The maximum Gasteiger partial charge on any atom is 0.137 e. The zero-order chi connectivity index (χ0) is 13.2. The molecule has 2 nitrogen and oxygen atoms in total. The minimum Gasteiger partial charge on any atom is -0.390 e. The molecule has 2 fully saturated rings. The number of hydrogen-bond donors (Lipinski definition) is 1. The number of ketones is 1. The summed E-state index contributed by atoms with van der Waals surface area (Å²) in [6, 6.07) is 0. The zero-order valence-electron chi connectivity index (χ0n) is 11.6. The van der Waals surface area contributed by atoms with E-state index in [0.29, 0.717) is 0 Å². The maximum absolute atomic E-state index is 12.2. The number of carbonyl (C=O) groups excluding carboxylic acids is 1. The minimum absolute atomic E-state index is 0.0324. The molecular formula is C15H24O2. The van der Waals surface area contributed by atoms with Crippen molar-refractivity contribution < 1.29 is 9.90 Å². The Kier molecular flexibility index (Phi) is 2.43. The lowest BCUT2D eigenvalue weighted by atomic mass is 9.62. The Morgan fingerprint density at radius 2 is 1.76 bits per heavy atom. The molecule has 0 bridgehead atoms. The Bertz CT molecular complexity index is 392. The molecule has 0 aromatic carbocycles. The third-order valence-electron chi connectivity index (χ3n) is 5.36. The van der Waals surface area contributed by atoms with E-state index in [9.17, 15) is 9.90 Å². The van der Waals surface area contributed by atoms with Gasteiger partial charge >= 0.3 is 0 Å². The van der Waals surface area contributed by atoms with Crippen LogP contribution in [0.15, 0.2) is 12.2 Å². The first-order chi connectivity index (χ1) is 7.59. The van der Waals surface area contributed by atoms with Gasteiger partial charge in [0, 0.05) is 11.3 Å². The molecular weight excluding hydrogens is 212 g/mol. The monoisotopic (exact) mass is 236 g/mol. The predicted molar refractivity (Wildman–Crippen MR) is 68.5 cm³/mol. The average molecular weight is 236 g/mol. The lowest BCUT2D eigenvalue weighted by Gasteiger charge is -2.43. The molecule has 0 saturated heterocycles. The summed E-state index contributed by atoms with van der Waals surface area (Å²) in [4.78, 5) is 12.2. The van der Waals surface area contributed by atoms with Crippen LogP contribution < -0.4 is 0 Å². The first-order valence-corrected chi connectivity index (χ1v) is 6.48. The Morgan fingerprint density at radius 3 is 2.12 bits per heavy atom. The van der Waals surface area contributed by atoms with Crippen molar-refractivity contribution in [2.45, 2.75) is 53.1 Å². The van der Waals surface area contributed by atoms with Crippen LogP contribution in [0.25, 0.3) is 0 Å². The maximum atomic E-state index is 12.2.